The summed E-state index contributed by atoms with van der Waals surface area (Å²) in [6.07, 6.45) is 0.480. The first-order valence-electron chi connectivity index (χ1n) is 5.88. The third kappa shape index (κ3) is 2.07. The highest BCUT2D eigenvalue weighted by molar-refractivity contribution is 7.17. The first kappa shape index (κ1) is 11.2. The summed E-state index contributed by atoms with van der Waals surface area (Å²) in [5.41, 5.74) is 1.91. The van der Waals surface area contributed by atoms with Crippen LogP contribution in [0.4, 0.5) is 0 Å². The van der Waals surface area contributed by atoms with Gasteiger partial charge in [-0.15, -0.1) is 11.3 Å². The zero-order chi connectivity index (χ0) is 12.4. The maximum absolute atomic E-state index is 12.2. The van der Waals surface area contributed by atoms with Gasteiger partial charge in [-0.1, -0.05) is 48.5 Å². The van der Waals surface area contributed by atoms with Crippen molar-refractivity contribution in [1.29, 1.82) is 0 Å². The summed E-state index contributed by atoms with van der Waals surface area (Å²) in [7, 11) is 0. The van der Waals surface area contributed by atoms with Gasteiger partial charge in [-0.25, -0.2) is 0 Å². The average molecular weight is 252 g/mol. The number of carbonyl (C=O) groups is 1. The van der Waals surface area contributed by atoms with Crippen molar-refractivity contribution in [2.24, 2.45) is 0 Å². The molecule has 3 rings (SSSR count). The fourth-order valence-electron chi connectivity index (χ4n) is 2.07. The van der Waals surface area contributed by atoms with Gasteiger partial charge in [0.05, 0.1) is 0 Å². The largest absolute Gasteiger partial charge is 0.294 e. The van der Waals surface area contributed by atoms with E-state index in [-0.39, 0.29) is 5.78 Å². The highest BCUT2D eigenvalue weighted by atomic mass is 32.1. The number of hydrogen-bond acceptors (Lipinski definition) is 2. The zero-order valence-corrected chi connectivity index (χ0v) is 10.6. The van der Waals surface area contributed by atoms with Crippen molar-refractivity contribution < 1.29 is 4.79 Å². The normalized spacial score (nSPS) is 10.7. The van der Waals surface area contributed by atoms with Crippen molar-refractivity contribution in [3.63, 3.8) is 0 Å². The summed E-state index contributed by atoms with van der Waals surface area (Å²) < 4.78 is 1.24. The molecule has 0 aliphatic carbocycles. The number of carbonyl (C=O) groups excluding carboxylic acids is 1. The van der Waals surface area contributed by atoms with Gasteiger partial charge in [0.1, 0.15) is 0 Å². The molecule has 0 saturated carbocycles. The molecule has 1 nitrogen and oxygen atoms in total. The molecule has 0 aliphatic rings. The van der Waals surface area contributed by atoms with Crippen molar-refractivity contribution in [3.8, 4) is 0 Å². The van der Waals surface area contributed by atoms with Crippen LogP contribution in [-0.2, 0) is 6.42 Å². The third-order valence-corrected chi connectivity index (χ3v) is 4.02. The first-order valence-corrected chi connectivity index (χ1v) is 6.76. The van der Waals surface area contributed by atoms with Crippen molar-refractivity contribution in [3.05, 3.63) is 71.1 Å². The fraction of sp³-hybridized carbons (Fsp3) is 0.0625. The lowest BCUT2D eigenvalue weighted by Crippen LogP contribution is -2.02. The second-order valence-electron chi connectivity index (χ2n) is 4.22. The van der Waals surface area contributed by atoms with Gasteiger partial charge in [0.2, 0.25) is 0 Å². The van der Waals surface area contributed by atoms with Crippen LogP contribution in [0.2, 0.25) is 0 Å². The number of rotatable bonds is 3. The van der Waals surface area contributed by atoms with E-state index in [1.54, 1.807) is 11.3 Å². The van der Waals surface area contributed by atoms with Gasteiger partial charge in [0.15, 0.2) is 5.78 Å². The first-order chi connectivity index (χ1) is 8.84. The average Bonchev–Trinajstić information content (AvgIpc) is 2.83. The van der Waals surface area contributed by atoms with Crippen molar-refractivity contribution >= 4 is 27.2 Å². The minimum Gasteiger partial charge on any atom is -0.294 e. The van der Waals surface area contributed by atoms with Gasteiger partial charge in [-0.3, -0.25) is 4.79 Å². The molecule has 0 saturated heterocycles. The predicted molar refractivity (Wildman–Crippen MR) is 76.3 cm³/mol. The summed E-state index contributed by atoms with van der Waals surface area (Å²) in [6.45, 7) is 0. The van der Waals surface area contributed by atoms with E-state index in [1.165, 1.54) is 10.1 Å². The van der Waals surface area contributed by atoms with Gasteiger partial charge in [0, 0.05) is 16.7 Å². The molecule has 1 aromatic heterocycles. The summed E-state index contributed by atoms with van der Waals surface area (Å²) in [4.78, 5) is 12.2. The number of benzene rings is 2. The molecule has 2 heteroatoms. The highest BCUT2D eigenvalue weighted by Gasteiger charge is 2.10. The molecule has 0 radical (unpaired) electrons. The van der Waals surface area contributed by atoms with Crippen LogP contribution in [0.15, 0.2) is 60.0 Å². The number of ketones is 1. The maximum atomic E-state index is 12.2. The lowest BCUT2D eigenvalue weighted by atomic mass is 10.0. The predicted octanol–water partition coefficient (Wildman–Crippen LogP) is 4.33. The Hall–Kier alpha value is -1.93. The van der Waals surface area contributed by atoms with Crippen LogP contribution in [0.3, 0.4) is 0 Å². The molecule has 3 aromatic rings. The molecule has 0 bridgehead atoms. The molecular weight excluding hydrogens is 240 g/mol. The molecular formula is C16H12OS. The molecule has 0 N–H and O–H groups in total. The van der Waals surface area contributed by atoms with E-state index in [9.17, 15) is 4.79 Å². The van der Waals surface area contributed by atoms with Crippen LogP contribution in [0.5, 0.6) is 0 Å². The number of hydrogen-bond donors (Lipinski definition) is 0. The zero-order valence-electron chi connectivity index (χ0n) is 9.80. The maximum Gasteiger partial charge on any atom is 0.167 e. The van der Waals surface area contributed by atoms with E-state index in [0.717, 1.165) is 11.1 Å². The fourth-order valence-corrected chi connectivity index (χ4v) is 3.03. The molecule has 0 atom stereocenters. The molecule has 0 aliphatic heterocycles. The summed E-state index contributed by atoms with van der Waals surface area (Å²) >= 11 is 1.70. The van der Waals surface area contributed by atoms with E-state index in [1.807, 2.05) is 42.5 Å². The Bertz CT molecular complexity index is 682. The topological polar surface area (TPSA) is 17.1 Å². The number of fused-ring (bicyclic) bond motifs is 1. The molecule has 88 valence electrons. The second kappa shape index (κ2) is 4.75. The van der Waals surface area contributed by atoms with Crippen LogP contribution in [0, 0.1) is 0 Å². The molecule has 1 heterocycles. The number of Topliss-reactive ketones (excluding diaryl/α,β-unsaturated/α-hetero) is 1. The van der Waals surface area contributed by atoms with E-state index in [2.05, 4.69) is 17.5 Å². The van der Waals surface area contributed by atoms with Gasteiger partial charge in [-0.2, -0.15) is 0 Å². The minimum absolute atomic E-state index is 0.180. The molecule has 2 aromatic carbocycles. The van der Waals surface area contributed by atoms with E-state index in [4.69, 9.17) is 0 Å². The van der Waals surface area contributed by atoms with Crippen LogP contribution < -0.4 is 0 Å². The lowest BCUT2D eigenvalue weighted by Gasteiger charge is -2.00. The second-order valence-corrected chi connectivity index (χ2v) is 5.13. The smallest absolute Gasteiger partial charge is 0.167 e. The Kier molecular flexibility index (Phi) is 2.95. The quantitative estimate of drug-likeness (QED) is 0.634. The standard InChI is InChI=1S/C16H12OS/c17-15(12-6-2-1-3-7-12)10-13-11-18-16-9-5-4-8-14(13)16/h1-9,11H,10H2. The highest BCUT2D eigenvalue weighted by Crippen LogP contribution is 2.26. The van der Waals surface area contributed by atoms with Crippen LogP contribution in [0.1, 0.15) is 15.9 Å². The van der Waals surface area contributed by atoms with Crippen molar-refractivity contribution in [2.45, 2.75) is 6.42 Å². The molecule has 0 amide bonds. The van der Waals surface area contributed by atoms with E-state index >= 15 is 0 Å². The summed E-state index contributed by atoms with van der Waals surface area (Å²) in [6, 6.07) is 17.7. The summed E-state index contributed by atoms with van der Waals surface area (Å²) in [5.74, 6) is 0.180. The lowest BCUT2D eigenvalue weighted by molar-refractivity contribution is 0.0993. The van der Waals surface area contributed by atoms with Crippen molar-refractivity contribution in [2.75, 3.05) is 0 Å². The Balaban J connectivity index is 1.91. The van der Waals surface area contributed by atoms with Gasteiger partial charge >= 0.3 is 0 Å². The molecule has 0 unspecified atom stereocenters. The Labute approximate surface area is 110 Å². The van der Waals surface area contributed by atoms with Gasteiger partial charge in [-0.05, 0) is 22.4 Å². The minimum atomic E-state index is 0.180. The SMILES string of the molecule is O=C(Cc1csc2ccccc12)c1ccccc1. The molecule has 0 fully saturated rings. The van der Waals surface area contributed by atoms with Crippen LogP contribution >= 0.6 is 11.3 Å². The van der Waals surface area contributed by atoms with Gasteiger partial charge in [0.25, 0.3) is 0 Å². The molecule has 0 spiro atoms. The Morgan fingerprint density at radius 2 is 1.67 bits per heavy atom. The Morgan fingerprint density at radius 1 is 0.944 bits per heavy atom. The van der Waals surface area contributed by atoms with Crippen LogP contribution in [0.25, 0.3) is 10.1 Å². The number of thiophene rings is 1. The third-order valence-electron chi connectivity index (χ3n) is 3.01. The Morgan fingerprint density at radius 3 is 2.50 bits per heavy atom. The van der Waals surface area contributed by atoms with E-state index < -0.39 is 0 Å². The van der Waals surface area contributed by atoms with Crippen LogP contribution in [-0.4, -0.2) is 5.78 Å². The van der Waals surface area contributed by atoms with Gasteiger partial charge < -0.3 is 0 Å². The van der Waals surface area contributed by atoms with E-state index in [0.29, 0.717) is 6.42 Å². The molecule has 18 heavy (non-hydrogen) atoms. The van der Waals surface area contributed by atoms with Crippen molar-refractivity contribution in [1.82, 2.24) is 0 Å². The summed E-state index contributed by atoms with van der Waals surface area (Å²) in [5, 5.41) is 3.29. The monoisotopic (exact) mass is 252 g/mol.